The molecule has 2 atom stereocenters. The van der Waals surface area contributed by atoms with Crippen LogP contribution in [0.1, 0.15) is 44.2 Å². The van der Waals surface area contributed by atoms with E-state index in [4.69, 9.17) is 5.73 Å². The number of nitrogens with two attached hydrogens (primary N) is 1. The molecule has 0 radical (unpaired) electrons. The van der Waals surface area contributed by atoms with Crippen molar-refractivity contribution in [2.75, 3.05) is 13.1 Å². The molecule has 2 rings (SSSR count). The first-order chi connectivity index (χ1) is 9.13. The van der Waals surface area contributed by atoms with E-state index in [0.29, 0.717) is 12.6 Å². The van der Waals surface area contributed by atoms with E-state index in [9.17, 15) is 8.78 Å². The van der Waals surface area contributed by atoms with E-state index in [0.717, 1.165) is 24.9 Å². The summed E-state index contributed by atoms with van der Waals surface area (Å²) >= 11 is 0. The Morgan fingerprint density at radius 1 is 1.26 bits per heavy atom. The predicted octanol–water partition coefficient (Wildman–Crippen LogP) is 3.23. The minimum absolute atomic E-state index is 0.0248. The molecule has 0 aliphatic carbocycles. The first-order valence-corrected chi connectivity index (χ1v) is 7.04. The van der Waals surface area contributed by atoms with Crippen molar-refractivity contribution in [3.05, 3.63) is 35.4 Å². The van der Waals surface area contributed by atoms with Crippen LogP contribution in [0.3, 0.4) is 0 Å². The van der Waals surface area contributed by atoms with E-state index in [1.54, 1.807) is 6.07 Å². The van der Waals surface area contributed by atoms with Crippen LogP contribution in [0.2, 0.25) is 0 Å². The van der Waals surface area contributed by atoms with Crippen molar-refractivity contribution >= 4 is 0 Å². The fraction of sp³-hybridized carbons (Fsp3) is 0.600. The van der Waals surface area contributed by atoms with Gasteiger partial charge >= 0.3 is 0 Å². The Morgan fingerprint density at radius 2 is 2.05 bits per heavy atom. The van der Waals surface area contributed by atoms with Gasteiger partial charge in [0.1, 0.15) is 0 Å². The van der Waals surface area contributed by atoms with Crippen molar-refractivity contribution in [1.82, 2.24) is 4.90 Å². The largest absolute Gasteiger partial charge is 0.329 e. The number of rotatable bonds is 3. The number of halogens is 2. The van der Waals surface area contributed by atoms with Crippen molar-refractivity contribution in [2.45, 2.75) is 44.7 Å². The van der Waals surface area contributed by atoms with Crippen molar-refractivity contribution in [2.24, 2.45) is 5.73 Å². The molecule has 0 saturated carbocycles. The minimum atomic E-state index is -0.802. The lowest BCUT2D eigenvalue weighted by atomic mass is 10.0. The second kappa shape index (κ2) is 6.44. The maximum Gasteiger partial charge on any atom is 0.159 e. The zero-order valence-corrected chi connectivity index (χ0v) is 11.4. The molecule has 4 heteroatoms. The van der Waals surface area contributed by atoms with Gasteiger partial charge in [0.05, 0.1) is 0 Å². The highest BCUT2D eigenvalue weighted by atomic mass is 19.2. The number of nitrogens with zero attached hydrogens (tertiary/aromatic N) is 1. The van der Waals surface area contributed by atoms with Crippen LogP contribution in [0.15, 0.2) is 18.2 Å². The second-order valence-corrected chi connectivity index (χ2v) is 5.36. The number of benzene rings is 1. The number of likely N-dealkylation sites (tertiary alicyclic amines) is 1. The summed E-state index contributed by atoms with van der Waals surface area (Å²) in [6.07, 6.45) is 4.74. The average molecular weight is 268 g/mol. The first kappa shape index (κ1) is 14.4. The van der Waals surface area contributed by atoms with E-state index in [-0.39, 0.29) is 6.04 Å². The Morgan fingerprint density at radius 3 is 2.74 bits per heavy atom. The Balaban J connectivity index is 2.24. The third-order valence-electron chi connectivity index (χ3n) is 4.06. The summed E-state index contributed by atoms with van der Waals surface area (Å²) in [5.74, 6) is -1.60. The monoisotopic (exact) mass is 268 g/mol. The molecule has 1 fully saturated rings. The summed E-state index contributed by atoms with van der Waals surface area (Å²) in [5, 5.41) is 0. The van der Waals surface area contributed by atoms with Crippen LogP contribution in [0.25, 0.3) is 0 Å². The second-order valence-electron chi connectivity index (χ2n) is 5.36. The van der Waals surface area contributed by atoms with Gasteiger partial charge in [0.25, 0.3) is 0 Å². The van der Waals surface area contributed by atoms with Gasteiger partial charge in [0, 0.05) is 18.6 Å². The van der Waals surface area contributed by atoms with Gasteiger partial charge in [-0.25, -0.2) is 8.78 Å². The first-order valence-electron chi connectivity index (χ1n) is 7.04. The van der Waals surface area contributed by atoms with Crippen molar-refractivity contribution in [3.8, 4) is 0 Å². The molecule has 2 nitrogen and oxygen atoms in total. The molecular formula is C15H22F2N2. The molecule has 1 saturated heterocycles. The molecule has 106 valence electrons. The van der Waals surface area contributed by atoms with E-state index < -0.39 is 11.6 Å². The molecule has 1 aromatic rings. The van der Waals surface area contributed by atoms with Crippen LogP contribution < -0.4 is 5.73 Å². The van der Waals surface area contributed by atoms with E-state index in [1.807, 2.05) is 0 Å². The highest BCUT2D eigenvalue weighted by molar-refractivity contribution is 5.22. The van der Waals surface area contributed by atoms with Crippen LogP contribution in [-0.2, 0) is 0 Å². The van der Waals surface area contributed by atoms with Crippen LogP contribution in [0.5, 0.6) is 0 Å². The molecule has 2 N–H and O–H groups in total. The smallest absolute Gasteiger partial charge is 0.159 e. The van der Waals surface area contributed by atoms with Gasteiger partial charge in [-0.15, -0.1) is 0 Å². The molecule has 2 unspecified atom stereocenters. The summed E-state index contributed by atoms with van der Waals surface area (Å²) in [6, 6.07) is 4.53. The zero-order valence-electron chi connectivity index (χ0n) is 11.4. The van der Waals surface area contributed by atoms with E-state index in [1.165, 1.54) is 25.0 Å². The Kier molecular flexibility index (Phi) is 4.88. The van der Waals surface area contributed by atoms with Gasteiger partial charge < -0.3 is 5.73 Å². The fourth-order valence-corrected chi connectivity index (χ4v) is 2.94. The SMILES string of the molecule is CC1CCCCCN1C(CN)c1ccc(F)c(F)c1. The molecule has 19 heavy (non-hydrogen) atoms. The highest BCUT2D eigenvalue weighted by Crippen LogP contribution is 2.28. The third kappa shape index (κ3) is 3.31. The molecule has 0 bridgehead atoms. The molecule has 1 aliphatic rings. The lowest BCUT2D eigenvalue weighted by molar-refractivity contribution is 0.150. The third-order valence-corrected chi connectivity index (χ3v) is 4.06. The fourth-order valence-electron chi connectivity index (χ4n) is 2.94. The summed E-state index contributed by atoms with van der Waals surface area (Å²) < 4.78 is 26.4. The molecular weight excluding hydrogens is 246 g/mol. The summed E-state index contributed by atoms with van der Waals surface area (Å²) in [5.41, 5.74) is 6.65. The van der Waals surface area contributed by atoms with Crippen molar-refractivity contribution in [3.63, 3.8) is 0 Å². The average Bonchev–Trinajstić information content (AvgIpc) is 2.60. The maximum atomic E-state index is 13.4. The normalized spacial score (nSPS) is 23.1. The van der Waals surface area contributed by atoms with Crippen LogP contribution >= 0.6 is 0 Å². The van der Waals surface area contributed by atoms with Gasteiger partial charge in [0.2, 0.25) is 0 Å². The van der Waals surface area contributed by atoms with Gasteiger partial charge in [-0.1, -0.05) is 18.9 Å². The van der Waals surface area contributed by atoms with Gasteiger partial charge in [-0.2, -0.15) is 0 Å². The quantitative estimate of drug-likeness (QED) is 0.912. The predicted molar refractivity (Wildman–Crippen MR) is 72.8 cm³/mol. The van der Waals surface area contributed by atoms with Gasteiger partial charge in [-0.05, 0) is 44.0 Å². The minimum Gasteiger partial charge on any atom is -0.329 e. The van der Waals surface area contributed by atoms with Gasteiger partial charge in [0.15, 0.2) is 11.6 Å². The van der Waals surface area contributed by atoms with Gasteiger partial charge in [-0.3, -0.25) is 4.90 Å². The van der Waals surface area contributed by atoms with Crippen molar-refractivity contribution < 1.29 is 8.78 Å². The summed E-state index contributed by atoms with van der Waals surface area (Å²) in [7, 11) is 0. The molecule has 0 amide bonds. The highest BCUT2D eigenvalue weighted by Gasteiger charge is 2.25. The lowest BCUT2D eigenvalue weighted by Gasteiger charge is -2.35. The van der Waals surface area contributed by atoms with E-state index in [2.05, 4.69) is 11.8 Å². The number of hydrogen-bond donors (Lipinski definition) is 1. The standard InChI is InChI=1S/C15H22F2N2/c1-11-5-3-2-4-8-19(11)15(10-18)12-6-7-13(16)14(17)9-12/h6-7,9,11,15H,2-5,8,10,18H2,1H3. The molecule has 1 aliphatic heterocycles. The number of hydrogen-bond acceptors (Lipinski definition) is 2. The summed E-state index contributed by atoms with van der Waals surface area (Å²) in [4.78, 5) is 2.33. The Bertz CT molecular complexity index is 423. The van der Waals surface area contributed by atoms with Crippen molar-refractivity contribution in [1.29, 1.82) is 0 Å². The van der Waals surface area contributed by atoms with Crippen LogP contribution in [-0.4, -0.2) is 24.0 Å². The van der Waals surface area contributed by atoms with Crippen LogP contribution in [0.4, 0.5) is 8.78 Å². The Hall–Kier alpha value is -1.00. The molecule has 1 heterocycles. The zero-order chi connectivity index (χ0) is 13.8. The maximum absolute atomic E-state index is 13.4. The lowest BCUT2D eigenvalue weighted by Crippen LogP contribution is -2.39. The van der Waals surface area contributed by atoms with E-state index >= 15 is 0 Å². The summed E-state index contributed by atoms with van der Waals surface area (Å²) in [6.45, 7) is 3.59. The van der Waals surface area contributed by atoms with Crippen LogP contribution in [0, 0.1) is 11.6 Å². The topological polar surface area (TPSA) is 29.3 Å². The molecule has 0 aromatic heterocycles. The molecule has 0 spiro atoms. The molecule has 1 aromatic carbocycles. The Labute approximate surface area is 113 Å².